The maximum absolute atomic E-state index is 5.86. The second-order valence-corrected chi connectivity index (χ2v) is 7.43. The normalized spacial score (nSPS) is 16.0. The lowest BCUT2D eigenvalue weighted by Crippen LogP contribution is -2.31. The van der Waals surface area contributed by atoms with Crippen LogP contribution in [-0.2, 0) is 13.0 Å². The van der Waals surface area contributed by atoms with Gasteiger partial charge in [-0.25, -0.2) is 0 Å². The lowest BCUT2D eigenvalue weighted by atomic mass is 10.1. The van der Waals surface area contributed by atoms with Crippen molar-refractivity contribution in [1.29, 1.82) is 0 Å². The predicted octanol–water partition coefficient (Wildman–Crippen LogP) is 3.29. The van der Waals surface area contributed by atoms with Gasteiger partial charge in [0.1, 0.15) is 13.2 Å². The van der Waals surface area contributed by atoms with Gasteiger partial charge in [0.25, 0.3) is 12.2 Å². The Morgan fingerprint density at radius 1 is 1.24 bits per heavy atom. The zero-order chi connectivity index (χ0) is 13.8. The fourth-order valence-corrected chi connectivity index (χ4v) is 5.66. The molecule has 3 nitrogen and oxygen atoms in total. The number of aromatic nitrogens is 2. The van der Waals surface area contributed by atoms with Crippen LogP contribution in [0.5, 0.6) is 5.88 Å². The topological polar surface area (TPSA) is 26.0 Å². The van der Waals surface area contributed by atoms with Crippen molar-refractivity contribution >= 4 is 33.2 Å². The smallest absolute Gasteiger partial charge is 0.292 e. The van der Waals surface area contributed by atoms with Crippen LogP contribution < -0.4 is 9.30 Å². The maximum atomic E-state index is 5.86. The second kappa shape index (κ2) is 4.45. The first-order chi connectivity index (χ1) is 10.4. The first-order valence-corrected chi connectivity index (χ1v) is 8.91. The van der Waals surface area contributed by atoms with E-state index in [2.05, 4.69) is 28.8 Å². The van der Waals surface area contributed by atoms with Gasteiger partial charge in [-0.1, -0.05) is 18.2 Å². The SMILES string of the molecule is c1ccc2c3c(sc2c1)-c1nc[n+]2c(c1CCS3)OCC2. The lowest BCUT2D eigenvalue weighted by Gasteiger charge is -2.03. The van der Waals surface area contributed by atoms with Gasteiger partial charge in [-0.15, -0.1) is 23.1 Å². The van der Waals surface area contributed by atoms with Crippen LogP contribution in [0.1, 0.15) is 5.56 Å². The van der Waals surface area contributed by atoms with E-state index in [0.717, 1.165) is 36.9 Å². The molecule has 0 aliphatic carbocycles. The van der Waals surface area contributed by atoms with Gasteiger partial charge in [0.2, 0.25) is 5.69 Å². The minimum absolute atomic E-state index is 0.768. The molecule has 0 saturated heterocycles. The quantitative estimate of drug-likeness (QED) is 0.596. The molecule has 5 rings (SSSR count). The van der Waals surface area contributed by atoms with E-state index in [-0.39, 0.29) is 0 Å². The van der Waals surface area contributed by atoms with Gasteiger partial charge in [-0.3, -0.25) is 0 Å². The van der Waals surface area contributed by atoms with Crippen LogP contribution in [0.3, 0.4) is 0 Å². The molecule has 3 aromatic rings. The molecule has 0 spiro atoms. The van der Waals surface area contributed by atoms with Crippen molar-refractivity contribution in [3.05, 3.63) is 36.2 Å². The largest absolute Gasteiger partial charge is 0.458 e. The molecule has 0 N–H and O–H groups in total. The van der Waals surface area contributed by atoms with Crippen LogP contribution in [0.25, 0.3) is 20.7 Å². The third-order valence-corrected chi connectivity index (χ3v) is 6.49. The van der Waals surface area contributed by atoms with Gasteiger partial charge in [-0.05, 0) is 17.5 Å². The number of hydrogen-bond acceptors (Lipinski definition) is 4. The van der Waals surface area contributed by atoms with Gasteiger partial charge in [0.15, 0.2) is 0 Å². The number of hydrogen-bond donors (Lipinski definition) is 0. The number of benzene rings is 1. The summed E-state index contributed by atoms with van der Waals surface area (Å²) < 4.78 is 9.35. The highest BCUT2D eigenvalue weighted by Crippen LogP contribution is 2.47. The van der Waals surface area contributed by atoms with E-state index >= 15 is 0 Å². The maximum Gasteiger partial charge on any atom is 0.292 e. The van der Waals surface area contributed by atoms with Crippen molar-refractivity contribution in [3.63, 3.8) is 0 Å². The van der Waals surface area contributed by atoms with Crippen molar-refractivity contribution in [2.24, 2.45) is 0 Å². The summed E-state index contributed by atoms with van der Waals surface area (Å²) in [6.45, 7) is 1.69. The number of thioether (sulfide) groups is 1. The summed E-state index contributed by atoms with van der Waals surface area (Å²) in [5.41, 5.74) is 2.41. The van der Waals surface area contributed by atoms with Gasteiger partial charge < -0.3 is 4.74 Å². The van der Waals surface area contributed by atoms with Gasteiger partial charge in [0, 0.05) is 20.7 Å². The highest BCUT2D eigenvalue weighted by atomic mass is 32.2. The zero-order valence-electron chi connectivity index (χ0n) is 11.3. The Balaban J connectivity index is 1.84. The summed E-state index contributed by atoms with van der Waals surface area (Å²) in [5.74, 6) is 2.12. The third-order valence-electron chi connectivity index (χ3n) is 4.07. The lowest BCUT2D eigenvalue weighted by molar-refractivity contribution is -0.682. The molecule has 104 valence electrons. The Kier molecular flexibility index (Phi) is 2.54. The Morgan fingerprint density at radius 2 is 2.19 bits per heavy atom. The van der Waals surface area contributed by atoms with E-state index in [1.165, 1.54) is 25.4 Å². The number of fused-ring (bicyclic) bond motifs is 7. The Hall–Kier alpha value is -1.59. The fraction of sp³-hybridized carbons (Fsp3) is 0.250. The summed E-state index contributed by atoms with van der Waals surface area (Å²) in [6, 6.07) is 8.66. The standard InChI is InChI=1S/C16H13N2OS2/c1-2-4-12-10(3-1)14-15(21-12)13-11(5-8-20-14)16-18(9-17-13)6-7-19-16/h1-4,9H,5-8H2/q+1. The number of ether oxygens (including phenoxy) is 1. The van der Waals surface area contributed by atoms with Crippen molar-refractivity contribution in [1.82, 2.24) is 4.98 Å². The summed E-state index contributed by atoms with van der Waals surface area (Å²) in [4.78, 5) is 7.47. The summed E-state index contributed by atoms with van der Waals surface area (Å²) in [5, 5.41) is 1.37. The van der Waals surface area contributed by atoms with Crippen molar-refractivity contribution < 1.29 is 9.30 Å². The van der Waals surface area contributed by atoms with Crippen LogP contribution in [0.4, 0.5) is 0 Å². The van der Waals surface area contributed by atoms with Crippen LogP contribution >= 0.6 is 23.1 Å². The molecule has 0 radical (unpaired) electrons. The summed E-state index contributed by atoms with van der Waals surface area (Å²) in [6.07, 6.45) is 2.96. The minimum atomic E-state index is 0.768. The second-order valence-electron chi connectivity index (χ2n) is 5.27. The molecule has 2 aliphatic rings. The Labute approximate surface area is 130 Å². The fourth-order valence-electron chi connectivity index (χ4n) is 3.10. The molecule has 0 fully saturated rings. The van der Waals surface area contributed by atoms with E-state index in [0.29, 0.717) is 0 Å². The average molecular weight is 313 g/mol. The number of rotatable bonds is 0. The molecule has 0 bridgehead atoms. The predicted molar refractivity (Wildman–Crippen MR) is 85.2 cm³/mol. The molecular weight excluding hydrogens is 300 g/mol. The van der Waals surface area contributed by atoms with Crippen LogP contribution in [-0.4, -0.2) is 17.3 Å². The van der Waals surface area contributed by atoms with Crippen LogP contribution in [0.15, 0.2) is 35.5 Å². The molecule has 4 heterocycles. The van der Waals surface area contributed by atoms with Crippen LogP contribution in [0.2, 0.25) is 0 Å². The molecule has 5 heteroatoms. The van der Waals surface area contributed by atoms with Crippen molar-refractivity contribution in [2.45, 2.75) is 17.9 Å². The Bertz CT molecular complexity index is 872. The molecular formula is C16H13N2OS2+. The minimum Gasteiger partial charge on any atom is -0.458 e. The molecule has 2 aromatic heterocycles. The zero-order valence-corrected chi connectivity index (χ0v) is 13.0. The highest BCUT2D eigenvalue weighted by molar-refractivity contribution is 7.99. The molecule has 0 amide bonds. The summed E-state index contributed by atoms with van der Waals surface area (Å²) >= 11 is 3.81. The van der Waals surface area contributed by atoms with Gasteiger partial charge in [0.05, 0.1) is 10.4 Å². The molecule has 21 heavy (non-hydrogen) atoms. The van der Waals surface area contributed by atoms with E-state index in [1.807, 2.05) is 29.4 Å². The first-order valence-electron chi connectivity index (χ1n) is 7.10. The molecule has 0 saturated carbocycles. The molecule has 0 unspecified atom stereocenters. The molecule has 1 aromatic carbocycles. The number of nitrogens with zero attached hydrogens (tertiary/aromatic N) is 2. The number of thiophene rings is 1. The van der Waals surface area contributed by atoms with Gasteiger partial charge in [-0.2, -0.15) is 4.57 Å². The average Bonchev–Trinajstić information content (AvgIpc) is 3.08. The molecule has 0 atom stereocenters. The van der Waals surface area contributed by atoms with E-state index in [9.17, 15) is 0 Å². The summed E-state index contributed by atoms with van der Waals surface area (Å²) in [7, 11) is 0. The van der Waals surface area contributed by atoms with E-state index < -0.39 is 0 Å². The Morgan fingerprint density at radius 3 is 3.19 bits per heavy atom. The van der Waals surface area contributed by atoms with Crippen LogP contribution in [0, 0.1) is 0 Å². The monoisotopic (exact) mass is 313 g/mol. The van der Waals surface area contributed by atoms with E-state index in [1.54, 1.807) is 0 Å². The van der Waals surface area contributed by atoms with Crippen molar-refractivity contribution in [2.75, 3.05) is 12.4 Å². The van der Waals surface area contributed by atoms with E-state index in [4.69, 9.17) is 9.72 Å². The first kappa shape index (κ1) is 12.0. The van der Waals surface area contributed by atoms with Gasteiger partial charge >= 0.3 is 0 Å². The highest BCUT2D eigenvalue weighted by Gasteiger charge is 2.32. The van der Waals surface area contributed by atoms with Crippen molar-refractivity contribution in [3.8, 4) is 16.5 Å². The third kappa shape index (κ3) is 1.67. The molecule has 2 aliphatic heterocycles.